The molecule has 1 aromatic heterocycles. The van der Waals surface area contributed by atoms with Crippen LogP contribution in [0, 0.1) is 12.3 Å². The topological polar surface area (TPSA) is 58.8 Å². The lowest BCUT2D eigenvalue weighted by molar-refractivity contribution is -0.134. The highest BCUT2D eigenvalue weighted by Gasteiger charge is 2.28. The maximum absolute atomic E-state index is 13.5. The van der Waals surface area contributed by atoms with Crippen molar-refractivity contribution in [2.24, 2.45) is 5.41 Å². The summed E-state index contributed by atoms with van der Waals surface area (Å²) >= 11 is 0. The summed E-state index contributed by atoms with van der Waals surface area (Å²) in [6.07, 6.45) is 0.470. The number of aryl methyl sites for hydroxylation is 1. The van der Waals surface area contributed by atoms with Crippen molar-refractivity contribution in [3.8, 4) is 11.3 Å². The number of hydrogen-bond donors (Lipinski definition) is 0. The first kappa shape index (κ1) is 24.0. The molecule has 34 heavy (non-hydrogen) atoms. The minimum Gasteiger partial charge on any atom is -0.378 e. The van der Waals surface area contributed by atoms with E-state index in [1.54, 1.807) is 0 Å². The summed E-state index contributed by atoms with van der Waals surface area (Å²) < 4.78 is 11.5. The first-order valence-electron chi connectivity index (χ1n) is 12.0. The smallest absolute Gasteiger partial charge is 0.233 e. The Hall–Kier alpha value is -3.12. The number of hydrogen-bond acceptors (Lipinski definition) is 5. The molecule has 180 valence electrons. The lowest BCUT2D eigenvalue weighted by Gasteiger charge is -2.30. The zero-order chi connectivity index (χ0) is 24.1. The third-order valence-corrected chi connectivity index (χ3v) is 5.96. The van der Waals surface area contributed by atoms with Gasteiger partial charge in [0.05, 0.1) is 25.3 Å². The lowest BCUT2D eigenvalue weighted by atomic mass is 9.91. The van der Waals surface area contributed by atoms with Crippen molar-refractivity contribution >= 4 is 11.8 Å². The number of aromatic nitrogens is 1. The summed E-state index contributed by atoms with van der Waals surface area (Å²) in [6, 6.07) is 18.4. The van der Waals surface area contributed by atoms with Gasteiger partial charge in [0, 0.05) is 31.6 Å². The molecule has 0 bridgehead atoms. The van der Waals surface area contributed by atoms with Crippen molar-refractivity contribution in [1.29, 1.82) is 0 Å². The van der Waals surface area contributed by atoms with E-state index in [0.717, 1.165) is 46.9 Å². The van der Waals surface area contributed by atoms with Crippen molar-refractivity contribution in [3.63, 3.8) is 0 Å². The van der Waals surface area contributed by atoms with Gasteiger partial charge >= 0.3 is 0 Å². The maximum Gasteiger partial charge on any atom is 0.233 e. The van der Waals surface area contributed by atoms with E-state index in [1.165, 1.54) is 0 Å². The average Bonchev–Trinajstić information content (AvgIpc) is 3.22. The molecule has 1 saturated heterocycles. The Bertz CT molecular complexity index is 1100. The van der Waals surface area contributed by atoms with Crippen LogP contribution in [-0.2, 0) is 22.6 Å². The Morgan fingerprint density at radius 1 is 1.03 bits per heavy atom. The molecule has 1 aliphatic rings. The number of morpholine rings is 1. The molecule has 1 aliphatic heterocycles. The van der Waals surface area contributed by atoms with Gasteiger partial charge < -0.3 is 19.1 Å². The largest absolute Gasteiger partial charge is 0.378 e. The van der Waals surface area contributed by atoms with Crippen LogP contribution in [0.2, 0.25) is 0 Å². The zero-order valence-electron chi connectivity index (χ0n) is 20.7. The van der Waals surface area contributed by atoms with E-state index in [1.807, 2.05) is 29.2 Å². The number of ether oxygens (including phenoxy) is 1. The fourth-order valence-electron chi connectivity index (χ4n) is 4.27. The summed E-state index contributed by atoms with van der Waals surface area (Å²) in [7, 11) is 0. The second-order valence-corrected chi connectivity index (χ2v) is 10.3. The number of carbonyl (C=O) groups is 1. The second-order valence-electron chi connectivity index (χ2n) is 10.3. The fraction of sp³-hybridized carbons (Fsp3) is 0.429. The van der Waals surface area contributed by atoms with E-state index < -0.39 is 0 Å². The van der Waals surface area contributed by atoms with Gasteiger partial charge in [0.15, 0.2) is 0 Å². The standard InChI is InChI=1S/C28H35N3O3/c1-21-9-8-12-23(17-21)26-24(27(34-29-26)30-13-15-33-16-14-30)20-31(25(32)18-28(2,3)4)19-22-10-6-5-7-11-22/h5-12,17H,13-16,18-20H2,1-4H3. The molecule has 0 N–H and O–H groups in total. The predicted octanol–water partition coefficient (Wildman–Crippen LogP) is 5.45. The van der Waals surface area contributed by atoms with Crippen LogP contribution in [0.5, 0.6) is 0 Å². The van der Waals surface area contributed by atoms with E-state index >= 15 is 0 Å². The molecular formula is C28H35N3O3. The third kappa shape index (κ3) is 6.06. The molecule has 0 aliphatic carbocycles. The van der Waals surface area contributed by atoms with Gasteiger partial charge in [-0.15, -0.1) is 0 Å². The predicted molar refractivity (Wildman–Crippen MR) is 134 cm³/mol. The molecule has 0 unspecified atom stereocenters. The van der Waals surface area contributed by atoms with E-state index in [9.17, 15) is 4.79 Å². The monoisotopic (exact) mass is 461 g/mol. The molecule has 4 rings (SSSR count). The third-order valence-electron chi connectivity index (χ3n) is 5.96. The molecule has 6 heteroatoms. The summed E-state index contributed by atoms with van der Waals surface area (Å²) in [4.78, 5) is 17.6. The van der Waals surface area contributed by atoms with Gasteiger partial charge in [0.1, 0.15) is 5.69 Å². The van der Waals surface area contributed by atoms with Crippen LogP contribution in [0.25, 0.3) is 11.3 Å². The molecule has 2 aromatic carbocycles. The quantitative estimate of drug-likeness (QED) is 0.468. The molecule has 1 fully saturated rings. The minimum absolute atomic E-state index is 0.104. The second kappa shape index (κ2) is 10.4. The Morgan fingerprint density at radius 3 is 2.44 bits per heavy atom. The summed E-state index contributed by atoms with van der Waals surface area (Å²) in [5.74, 6) is 0.863. The Labute approximate surface area is 202 Å². The Morgan fingerprint density at radius 2 is 1.76 bits per heavy atom. The van der Waals surface area contributed by atoms with Crippen LogP contribution < -0.4 is 4.90 Å². The zero-order valence-corrected chi connectivity index (χ0v) is 20.7. The van der Waals surface area contributed by atoms with Crippen molar-refractivity contribution in [3.05, 3.63) is 71.3 Å². The van der Waals surface area contributed by atoms with Crippen molar-refractivity contribution in [2.45, 2.75) is 47.2 Å². The van der Waals surface area contributed by atoms with Gasteiger partial charge in [-0.3, -0.25) is 4.79 Å². The van der Waals surface area contributed by atoms with E-state index in [4.69, 9.17) is 9.26 Å². The molecule has 0 spiro atoms. The number of amides is 1. The van der Waals surface area contributed by atoms with E-state index in [2.05, 4.69) is 68.1 Å². The minimum atomic E-state index is -0.104. The van der Waals surface area contributed by atoms with Gasteiger partial charge in [0.2, 0.25) is 11.8 Å². The summed E-state index contributed by atoms with van der Waals surface area (Å²) in [5, 5.41) is 4.50. The maximum atomic E-state index is 13.5. The van der Waals surface area contributed by atoms with Crippen LogP contribution in [0.15, 0.2) is 59.1 Å². The van der Waals surface area contributed by atoms with E-state index in [-0.39, 0.29) is 11.3 Å². The average molecular weight is 462 g/mol. The molecule has 0 saturated carbocycles. The number of carbonyl (C=O) groups excluding carboxylic acids is 1. The Balaban J connectivity index is 1.73. The van der Waals surface area contributed by atoms with Crippen LogP contribution in [0.4, 0.5) is 5.88 Å². The Kier molecular flexibility index (Phi) is 7.37. The lowest BCUT2D eigenvalue weighted by Crippen LogP contribution is -2.37. The number of nitrogens with zero attached hydrogens (tertiary/aromatic N) is 3. The molecule has 0 radical (unpaired) electrons. The first-order valence-corrected chi connectivity index (χ1v) is 12.0. The van der Waals surface area contributed by atoms with Gasteiger partial charge in [-0.2, -0.15) is 0 Å². The number of anilines is 1. The number of rotatable bonds is 7. The number of benzene rings is 2. The molecule has 0 atom stereocenters. The van der Waals surface area contributed by atoms with Crippen LogP contribution >= 0.6 is 0 Å². The van der Waals surface area contributed by atoms with Gasteiger partial charge in [-0.05, 0) is 24.0 Å². The highest BCUT2D eigenvalue weighted by molar-refractivity contribution is 5.78. The van der Waals surface area contributed by atoms with Crippen molar-refractivity contribution in [2.75, 3.05) is 31.2 Å². The normalized spacial score (nSPS) is 14.3. The van der Waals surface area contributed by atoms with Gasteiger partial charge in [-0.1, -0.05) is 80.0 Å². The van der Waals surface area contributed by atoms with Crippen LogP contribution in [0.1, 0.15) is 43.9 Å². The molecule has 1 amide bonds. The molecule has 3 aromatic rings. The summed E-state index contributed by atoms with van der Waals surface area (Å²) in [6.45, 7) is 12.1. The summed E-state index contributed by atoms with van der Waals surface area (Å²) in [5.41, 5.74) is 4.90. The SMILES string of the molecule is Cc1cccc(-c2noc(N3CCOCC3)c2CN(Cc2ccccc2)C(=O)CC(C)(C)C)c1. The van der Waals surface area contributed by atoms with E-state index in [0.29, 0.717) is 32.7 Å². The van der Waals surface area contributed by atoms with Crippen molar-refractivity contribution in [1.82, 2.24) is 10.1 Å². The molecule has 6 nitrogen and oxygen atoms in total. The van der Waals surface area contributed by atoms with Crippen molar-refractivity contribution < 1.29 is 14.1 Å². The molecular weight excluding hydrogens is 426 g/mol. The van der Waals surface area contributed by atoms with Gasteiger partial charge in [-0.25, -0.2) is 0 Å². The molecule has 2 heterocycles. The van der Waals surface area contributed by atoms with Gasteiger partial charge in [0.25, 0.3) is 0 Å². The highest BCUT2D eigenvalue weighted by Crippen LogP contribution is 2.34. The van der Waals surface area contributed by atoms with Crippen LogP contribution in [0.3, 0.4) is 0 Å². The van der Waals surface area contributed by atoms with Crippen LogP contribution in [-0.4, -0.2) is 42.3 Å². The fourth-order valence-corrected chi connectivity index (χ4v) is 4.27. The first-order chi connectivity index (χ1) is 16.3. The highest BCUT2D eigenvalue weighted by atomic mass is 16.5.